The number of nitrogens with one attached hydrogen (secondary N) is 1. The number of anilines is 1. The summed E-state index contributed by atoms with van der Waals surface area (Å²) in [6, 6.07) is 2.84. The van der Waals surface area contributed by atoms with Crippen LogP contribution in [0.2, 0.25) is 0 Å². The number of nitrogens with zero attached hydrogens (tertiary/aromatic N) is 1. The Balaban J connectivity index is 2.48. The van der Waals surface area contributed by atoms with Crippen molar-refractivity contribution in [1.29, 1.82) is 0 Å². The summed E-state index contributed by atoms with van der Waals surface area (Å²) < 4.78 is 1.00. The summed E-state index contributed by atoms with van der Waals surface area (Å²) in [7, 11) is 0. The molecule has 1 atom stereocenters. The third-order valence-electron chi connectivity index (χ3n) is 2.81. The first-order valence-electron chi connectivity index (χ1n) is 5.33. The molecule has 0 bridgehead atoms. The average Bonchev–Trinajstić information content (AvgIpc) is 2.49. The van der Waals surface area contributed by atoms with Crippen LogP contribution in [0.15, 0.2) is 16.6 Å². The normalized spacial score (nSPS) is 19.8. The van der Waals surface area contributed by atoms with Gasteiger partial charge in [-0.25, -0.2) is 9.69 Å². The van der Waals surface area contributed by atoms with Crippen LogP contribution in [0.4, 0.5) is 10.5 Å². The van der Waals surface area contributed by atoms with Gasteiger partial charge < -0.3 is 5.32 Å². The number of imide groups is 1. The van der Waals surface area contributed by atoms with Gasteiger partial charge in [-0.3, -0.25) is 4.79 Å². The Labute approximate surface area is 108 Å². The average molecular weight is 297 g/mol. The molecule has 3 amide bonds. The molecule has 1 unspecified atom stereocenters. The minimum absolute atomic E-state index is 0.212. The van der Waals surface area contributed by atoms with Crippen LogP contribution < -0.4 is 10.2 Å². The van der Waals surface area contributed by atoms with E-state index in [0.717, 1.165) is 15.6 Å². The number of hydrogen-bond donors (Lipinski definition) is 1. The molecule has 1 aromatic carbocycles. The van der Waals surface area contributed by atoms with Crippen LogP contribution in [-0.2, 0) is 4.79 Å². The number of rotatable bonds is 1. The summed E-state index contributed by atoms with van der Waals surface area (Å²) in [5.41, 5.74) is 2.62. The lowest BCUT2D eigenvalue weighted by molar-refractivity contribution is -0.117. The maximum absolute atomic E-state index is 11.9. The summed E-state index contributed by atoms with van der Waals surface area (Å²) in [6.07, 6.45) is 0. The van der Waals surface area contributed by atoms with Crippen molar-refractivity contribution in [2.45, 2.75) is 26.8 Å². The molecule has 1 saturated heterocycles. The number of urea groups is 1. The quantitative estimate of drug-likeness (QED) is 0.810. The number of halogens is 1. The summed E-state index contributed by atoms with van der Waals surface area (Å²) in [5, 5.41) is 2.59. The zero-order valence-corrected chi connectivity index (χ0v) is 11.5. The Kier molecular flexibility index (Phi) is 2.95. The molecule has 1 aliphatic heterocycles. The Morgan fingerprint density at radius 2 is 1.76 bits per heavy atom. The summed E-state index contributed by atoms with van der Waals surface area (Å²) in [5.74, 6) is -0.212. The highest BCUT2D eigenvalue weighted by Crippen LogP contribution is 2.28. The predicted molar refractivity (Wildman–Crippen MR) is 69.1 cm³/mol. The second-order valence-electron chi connectivity index (χ2n) is 4.24. The standard InChI is InChI=1S/C12H13BrN2O2/c1-6-4-9(5-7(2)10(6)13)15-11(16)8(3)14-12(15)17/h4-5,8H,1-3H3,(H,14,17). The van der Waals surface area contributed by atoms with Gasteiger partial charge in [-0.1, -0.05) is 15.9 Å². The monoisotopic (exact) mass is 296 g/mol. The summed E-state index contributed by atoms with van der Waals surface area (Å²) >= 11 is 3.46. The van der Waals surface area contributed by atoms with E-state index in [4.69, 9.17) is 0 Å². The topological polar surface area (TPSA) is 49.4 Å². The van der Waals surface area contributed by atoms with Crippen molar-refractivity contribution >= 4 is 33.6 Å². The highest BCUT2D eigenvalue weighted by molar-refractivity contribution is 9.10. The van der Waals surface area contributed by atoms with Crippen LogP contribution in [0.3, 0.4) is 0 Å². The van der Waals surface area contributed by atoms with Crippen LogP contribution in [0, 0.1) is 13.8 Å². The molecule has 4 nitrogen and oxygen atoms in total. The van der Waals surface area contributed by atoms with E-state index in [0.29, 0.717) is 5.69 Å². The van der Waals surface area contributed by atoms with Crippen LogP contribution >= 0.6 is 15.9 Å². The van der Waals surface area contributed by atoms with Crippen molar-refractivity contribution in [3.05, 3.63) is 27.7 Å². The van der Waals surface area contributed by atoms with Gasteiger partial charge >= 0.3 is 6.03 Å². The molecule has 0 spiro atoms. The van der Waals surface area contributed by atoms with Gasteiger partial charge in [0.05, 0.1) is 5.69 Å². The fraction of sp³-hybridized carbons (Fsp3) is 0.333. The molecule has 0 saturated carbocycles. The predicted octanol–water partition coefficient (Wildman–Crippen LogP) is 2.51. The van der Waals surface area contributed by atoms with E-state index in [9.17, 15) is 9.59 Å². The molecule has 2 rings (SSSR count). The van der Waals surface area contributed by atoms with Crippen molar-refractivity contribution < 1.29 is 9.59 Å². The molecule has 5 heteroatoms. The SMILES string of the molecule is Cc1cc(N2C(=O)NC(C)C2=O)cc(C)c1Br. The van der Waals surface area contributed by atoms with E-state index in [-0.39, 0.29) is 11.9 Å². The lowest BCUT2D eigenvalue weighted by atomic mass is 10.1. The first-order chi connectivity index (χ1) is 7.91. The van der Waals surface area contributed by atoms with Gasteiger partial charge in [-0.2, -0.15) is 0 Å². The molecule has 0 aliphatic carbocycles. The van der Waals surface area contributed by atoms with Gasteiger partial charge in [0.1, 0.15) is 6.04 Å². The maximum Gasteiger partial charge on any atom is 0.329 e. The maximum atomic E-state index is 11.9. The zero-order valence-electron chi connectivity index (χ0n) is 9.87. The Morgan fingerprint density at radius 1 is 1.24 bits per heavy atom. The third kappa shape index (κ3) is 1.95. The molecule has 1 heterocycles. The largest absolute Gasteiger partial charge is 0.329 e. The molecule has 0 radical (unpaired) electrons. The number of amides is 3. The zero-order chi connectivity index (χ0) is 12.7. The van der Waals surface area contributed by atoms with Gasteiger partial charge in [0.2, 0.25) is 0 Å². The first kappa shape index (κ1) is 12.1. The number of benzene rings is 1. The number of carbonyl (C=O) groups is 2. The minimum Gasteiger partial charge on any atom is -0.326 e. The summed E-state index contributed by atoms with van der Waals surface area (Å²) in [4.78, 5) is 24.7. The molecular formula is C12H13BrN2O2. The lowest BCUT2D eigenvalue weighted by Crippen LogP contribution is -2.31. The van der Waals surface area contributed by atoms with Crippen LogP contribution in [0.1, 0.15) is 18.1 Å². The molecule has 1 aromatic rings. The van der Waals surface area contributed by atoms with Crippen LogP contribution in [0.5, 0.6) is 0 Å². The minimum atomic E-state index is -0.452. The first-order valence-corrected chi connectivity index (χ1v) is 6.12. The number of aryl methyl sites for hydroxylation is 2. The summed E-state index contributed by atoms with van der Waals surface area (Å²) in [6.45, 7) is 5.55. The van der Waals surface area contributed by atoms with Gasteiger partial charge in [-0.15, -0.1) is 0 Å². The highest BCUT2D eigenvalue weighted by Gasteiger charge is 2.36. The number of carbonyl (C=O) groups excluding carboxylic acids is 2. The van der Waals surface area contributed by atoms with Crippen molar-refractivity contribution in [3.63, 3.8) is 0 Å². The van der Waals surface area contributed by atoms with Crippen molar-refractivity contribution in [3.8, 4) is 0 Å². The molecule has 90 valence electrons. The van der Waals surface area contributed by atoms with Gasteiger partial charge in [0, 0.05) is 4.47 Å². The molecular weight excluding hydrogens is 284 g/mol. The Hall–Kier alpha value is -1.36. The molecule has 17 heavy (non-hydrogen) atoms. The molecule has 1 aliphatic rings. The van der Waals surface area contributed by atoms with E-state index < -0.39 is 6.04 Å². The Bertz CT molecular complexity index is 490. The molecule has 1 fully saturated rings. The van der Waals surface area contributed by atoms with Gasteiger partial charge in [-0.05, 0) is 44.0 Å². The van der Waals surface area contributed by atoms with Crippen molar-refractivity contribution in [1.82, 2.24) is 5.32 Å². The molecule has 1 N–H and O–H groups in total. The van der Waals surface area contributed by atoms with E-state index in [1.54, 1.807) is 6.92 Å². The number of hydrogen-bond acceptors (Lipinski definition) is 2. The highest BCUT2D eigenvalue weighted by atomic mass is 79.9. The smallest absolute Gasteiger partial charge is 0.326 e. The fourth-order valence-electron chi connectivity index (χ4n) is 1.90. The van der Waals surface area contributed by atoms with E-state index >= 15 is 0 Å². The second-order valence-corrected chi connectivity index (χ2v) is 5.03. The van der Waals surface area contributed by atoms with Gasteiger partial charge in [0.15, 0.2) is 0 Å². The Morgan fingerprint density at radius 3 is 2.18 bits per heavy atom. The van der Waals surface area contributed by atoms with Crippen molar-refractivity contribution in [2.24, 2.45) is 0 Å². The van der Waals surface area contributed by atoms with Crippen LogP contribution in [0.25, 0.3) is 0 Å². The van der Waals surface area contributed by atoms with Crippen molar-refractivity contribution in [2.75, 3.05) is 4.90 Å². The van der Waals surface area contributed by atoms with E-state index in [1.807, 2.05) is 26.0 Å². The van der Waals surface area contributed by atoms with Crippen LogP contribution in [-0.4, -0.2) is 18.0 Å². The van der Waals surface area contributed by atoms with Gasteiger partial charge in [0.25, 0.3) is 5.91 Å². The van der Waals surface area contributed by atoms with E-state index in [1.165, 1.54) is 4.90 Å². The second kappa shape index (κ2) is 4.14. The third-order valence-corrected chi connectivity index (χ3v) is 4.06. The lowest BCUT2D eigenvalue weighted by Gasteiger charge is -2.15. The van der Waals surface area contributed by atoms with E-state index in [2.05, 4.69) is 21.2 Å². The molecule has 0 aromatic heterocycles. The fourth-order valence-corrected chi connectivity index (χ4v) is 2.13.